The highest BCUT2D eigenvalue weighted by Gasteiger charge is 2.14. The van der Waals surface area contributed by atoms with E-state index in [2.05, 4.69) is 0 Å². The molecular weight excluding hydrogens is 221 g/mol. The van der Waals surface area contributed by atoms with Crippen molar-refractivity contribution >= 4 is 11.0 Å². The largest absolute Gasteiger partial charge is 0.456 e. The molecule has 1 heterocycles. The summed E-state index contributed by atoms with van der Waals surface area (Å²) in [6.45, 7) is 4.23. The zero-order chi connectivity index (χ0) is 12.4. The van der Waals surface area contributed by atoms with Crippen LogP contribution in [0.4, 0.5) is 4.39 Å². The highest BCUT2D eigenvalue weighted by Crippen LogP contribution is 2.25. The molecule has 0 aliphatic carbocycles. The molecule has 2 aromatic rings. The standard InChI is InChI=1S/C13H16FNO2/c1-8(2)16-7-11(15)12-6-9-4-3-5-10(14)13(9)17-12/h3-6,8,11H,7,15H2,1-2H3. The number of para-hydroxylation sites is 1. The van der Waals surface area contributed by atoms with Gasteiger partial charge in [-0.3, -0.25) is 0 Å². The zero-order valence-electron chi connectivity index (χ0n) is 9.94. The number of furan rings is 1. The van der Waals surface area contributed by atoms with Crippen LogP contribution in [0.1, 0.15) is 25.6 Å². The predicted octanol–water partition coefficient (Wildman–Crippen LogP) is 3.00. The second kappa shape index (κ2) is 4.85. The Morgan fingerprint density at radius 2 is 2.18 bits per heavy atom. The van der Waals surface area contributed by atoms with Crippen molar-refractivity contribution in [3.05, 3.63) is 35.8 Å². The Morgan fingerprint density at radius 1 is 1.41 bits per heavy atom. The number of ether oxygens (including phenoxy) is 1. The maximum Gasteiger partial charge on any atom is 0.169 e. The van der Waals surface area contributed by atoms with Crippen LogP contribution in [0, 0.1) is 5.82 Å². The second-order valence-electron chi connectivity index (χ2n) is 4.30. The average Bonchev–Trinajstić information content (AvgIpc) is 2.71. The summed E-state index contributed by atoms with van der Waals surface area (Å²) in [7, 11) is 0. The minimum absolute atomic E-state index is 0.113. The first-order valence-electron chi connectivity index (χ1n) is 5.63. The highest BCUT2D eigenvalue weighted by atomic mass is 19.1. The summed E-state index contributed by atoms with van der Waals surface area (Å²) in [5, 5.41) is 0.722. The van der Waals surface area contributed by atoms with E-state index in [1.54, 1.807) is 18.2 Å². The Bertz CT molecular complexity index is 507. The smallest absolute Gasteiger partial charge is 0.169 e. The SMILES string of the molecule is CC(C)OCC(N)c1cc2cccc(F)c2o1. The van der Waals surface area contributed by atoms with Gasteiger partial charge in [-0.1, -0.05) is 12.1 Å². The molecule has 0 aliphatic heterocycles. The van der Waals surface area contributed by atoms with E-state index in [0.29, 0.717) is 12.4 Å². The lowest BCUT2D eigenvalue weighted by Crippen LogP contribution is -2.18. The number of rotatable bonds is 4. The van der Waals surface area contributed by atoms with Gasteiger partial charge in [0.1, 0.15) is 5.76 Å². The molecule has 1 aromatic heterocycles. The van der Waals surface area contributed by atoms with Crippen LogP contribution in [-0.2, 0) is 4.74 Å². The minimum Gasteiger partial charge on any atom is -0.456 e. The molecule has 1 aromatic carbocycles. The van der Waals surface area contributed by atoms with Gasteiger partial charge in [-0.05, 0) is 26.0 Å². The van der Waals surface area contributed by atoms with Crippen LogP contribution in [-0.4, -0.2) is 12.7 Å². The lowest BCUT2D eigenvalue weighted by molar-refractivity contribution is 0.0649. The molecule has 0 spiro atoms. The van der Waals surface area contributed by atoms with Crippen molar-refractivity contribution in [2.24, 2.45) is 5.73 Å². The van der Waals surface area contributed by atoms with Crippen molar-refractivity contribution in [3.63, 3.8) is 0 Å². The first-order chi connectivity index (χ1) is 8.08. The molecule has 1 atom stereocenters. The molecule has 0 saturated heterocycles. The molecule has 4 heteroatoms. The molecule has 0 amide bonds. The number of halogens is 1. The van der Waals surface area contributed by atoms with Crippen LogP contribution in [0.15, 0.2) is 28.7 Å². The van der Waals surface area contributed by atoms with Crippen molar-refractivity contribution in [3.8, 4) is 0 Å². The summed E-state index contributed by atoms with van der Waals surface area (Å²) in [6.07, 6.45) is 0.113. The number of fused-ring (bicyclic) bond motifs is 1. The molecule has 2 rings (SSSR count). The van der Waals surface area contributed by atoms with Crippen LogP contribution in [0.5, 0.6) is 0 Å². The average molecular weight is 237 g/mol. The van der Waals surface area contributed by atoms with Gasteiger partial charge in [0.25, 0.3) is 0 Å². The van der Waals surface area contributed by atoms with Crippen LogP contribution < -0.4 is 5.73 Å². The number of nitrogens with two attached hydrogens (primary N) is 1. The molecule has 0 aliphatic rings. The molecule has 3 nitrogen and oxygen atoms in total. The van der Waals surface area contributed by atoms with Gasteiger partial charge in [0.05, 0.1) is 18.8 Å². The molecule has 0 fully saturated rings. The van der Waals surface area contributed by atoms with Gasteiger partial charge in [0, 0.05) is 5.39 Å². The van der Waals surface area contributed by atoms with Crippen LogP contribution in [0.3, 0.4) is 0 Å². The quantitative estimate of drug-likeness (QED) is 0.889. The van der Waals surface area contributed by atoms with E-state index in [-0.39, 0.29) is 23.5 Å². The summed E-state index contributed by atoms with van der Waals surface area (Å²) in [5.74, 6) is 0.177. The number of hydrogen-bond acceptors (Lipinski definition) is 3. The highest BCUT2D eigenvalue weighted by molar-refractivity contribution is 5.78. The number of benzene rings is 1. The van der Waals surface area contributed by atoms with Gasteiger partial charge < -0.3 is 14.9 Å². The van der Waals surface area contributed by atoms with Crippen molar-refractivity contribution in [2.75, 3.05) is 6.61 Å². The van der Waals surface area contributed by atoms with Crippen molar-refractivity contribution in [1.82, 2.24) is 0 Å². The van der Waals surface area contributed by atoms with Crippen molar-refractivity contribution in [2.45, 2.75) is 26.0 Å². The summed E-state index contributed by atoms with van der Waals surface area (Å²) in [4.78, 5) is 0. The third-order valence-corrected chi connectivity index (χ3v) is 2.49. The topological polar surface area (TPSA) is 48.4 Å². The second-order valence-corrected chi connectivity index (χ2v) is 4.30. The Hall–Kier alpha value is -1.39. The normalized spacial score (nSPS) is 13.5. The summed E-state index contributed by atoms with van der Waals surface area (Å²) >= 11 is 0. The lowest BCUT2D eigenvalue weighted by Gasteiger charge is -2.11. The fourth-order valence-electron chi connectivity index (χ4n) is 1.61. The Balaban J connectivity index is 2.21. The molecule has 2 N–H and O–H groups in total. The summed E-state index contributed by atoms with van der Waals surface area (Å²) in [5.41, 5.74) is 6.17. The molecule has 0 saturated carbocycles. The van der Waals surface area contributed by atoms with Crippen LogP contribution in [0.25, 0.3) is 11.0 Å². The van der Waals surface area contributed by atoms with Crippen molar-refractivity contribution in [1.29, 1.82) is 0 Å². The lowest BCUT2D eigenvalue weighted by atomic mass is 10.2. The van der Waals surface area contributed by atoms with Gasteiger partial charge in [0.15, 0.2) is 11.4 Å². The van der Waals surface area contributed by atoms with E-state index < -0.39 is 0 Å². The monoisotopic (exact) mass is 237 g/mol. The number of hydrogen-bond donors (Lipinski definition) is 1. The van der Waals surface area contributed by atoms with E-state index in [0.717, 1.165) is 5.39 Å². The van der Waals surface area contributed by atoms with Crippen molar-refractivity contribution < 1.29 is 13.5 Å². The maximum absolute atomic E-state index is 13.4. The van der Waals surface area contributed by atoms with E-state index in [4.69, 9.17) is 14.9 Å². The summed E-state index contributed by atoms with van der Waals surface area (Å²) < 4.78 is 24.2. The van der Waals surface area contributed by atoms with Gasteiger partial charge in [0.2, 0.25) is 0 Å². The maximum atomic E-state index is 13.4. The van der Waals surface area contributed by atoms with Gasteiger partial charge in [-0.2, -0.15) is 0 Å². The predicted molar refractivity (Wildman–Crippen MR) is 64.2 cm³/mol. The van der Waals surface area contributed by atoms with Crippen LogP contribution in [0.2, 0.25) is 0 Å². The molecular formula is C13H16FNO2. The van der Waals surface area contributed by atoms with E-state index >= 15 is 0 Å². The van der Waals surface area contributed by atoms with E-state index in [9.17, 15) is 4.39 Å². The first kappa shape index (κ1) is 12.1. The molecule has 17 heavy (non-hydrogen) atoms. The fourth-order valence-corrected chi connectivity index (χ4v) is 1.61. The molecule has 1 unspecified atom stereocenters. The Morgan fingerprint density at radius 3 is 2.82 bits per heavy atom. The van der Waals surface area contributed by atoms with E-state index in [1.165, 1.54) is 6.07 Å². The molecule has 0 radical (unpaired) electrons. The third kappa shape index (κ3) is 2.65. The fraction of sp³-hybridized carbons (Fsp3) is 0.385. The molecule has 0 bridgehead atoms. The van der Waals surface area contributed by atoms with E-state index in [1.807, 2.05) is 13.8 Å². The Labute approximate surface area is 99.4 Å². The first-order valence-corrected chi connectivity index (χ1v) is 5.63. The Kier molecular flexibility index (Phi) is 3.45. The zero-order valence-corrected chi connectivity index (χ0v) is 9.94. The van der Waals surface area contributed by atoms with Gasteiger partial charge in [-0.25, -0.2) is 4.39 Å². The van der Waals surface area contributed by atoms with Gasteiger partial charge >= 0.3 is 0 Å². The summed E-state index contributed by atoms with van der Waals surface area (Å²) in [6, 6.07) is 6.19. The van der Waals surface area contributed by atoms with Gasteiger partial charge in [-0.15, -0.1) is 0 Å². The molecule has 92 valence electrons. The minimum atomic E-state index is -0.371. The third-order valence-electron chi connectivity index (χ3n) is 2.49. The van der Waals surface area contributed by atoms with Crippen LogP contribution >= 0.6 is 0 Å².